The predicted octanol–water partition coefficient (Wildman–Crippen LogP) is 2.46. The molecule has 1 rings (SSSR count). The van der Waals surface area contributed by atoms with Gasteiger partial charge in [0, 0.05) is 11.7 Å². The highest BCUT2D eigenvalue weighted by Crippen LogP contribution is 2.23. The molecule has 0 aliphatic carbocycles. The molecule has 0 bridgehead atoms. The Kier molecular flexibility index (Phi) is 4.78. The van der Waals surface area contributed by atoms with Crippen LogP contribution in [-0.4, -0.2) is 22.0 Å². The summed E-state index contributed by atoms with van der Waals surface area (Å²) < 4.78 is 38.5. The average molecular weight is 263 g/mol. The Morgan fingerprint density at radius 1 is 1.28 bits per heavy atom. The van der Waals surface area contributed by atoms with Crippen LogP contribution in [0.5, 0.6) is 0 Å². The minimum atomic E-state index is -4.24. The second-order valence-electron chi connectivity index (χ2n) is 4.53. The lowest BCUT2D eigenvalue weighted by Gasteiger charge is -2.11. The molecule has 1 aromatic rings. The fraction of sp³-hybridized carbons (Fsp3) is 0.750. The Morgan fingerprint density at radius 2 is 1.89 bits per heavy atom. The normalized spacial score (nSPS) is 13.9. The average Bonchev–Trinajstić information content (AvgIpc) is 2.52. The van der Waals surface area contributed by atoms with Crippen molar-refractivity contribution in [1.82, 2.24) is 9.78 Å². The van der Waals surface area contributed by atoms with Gasteiger partial charge in [-0.2, -0.15) is 18.3 Å². The summed E-state index contributed by atoms with van der Waals surface area (Å²) in [5.41, 5.74) is 8.02. The van der Waals surface area contributed by atoms with E-state index in [0.29, 0.717) is 25.0 Å². The van der Waals surface area contributed by atoms with E-state index in [4.69, 9.17) is 5.73 Å². The Hall–Kier alpha value is -1.04. The van der Waals surface area contributed by atoms with Gasteiger partial charge in [0.1, 0.15) is 6.54 Å². The van der Waals surface area contributed by atoms with Crippen molar-refractivity contribution in [3.05, 3.63) is 17.0 Å². The van der Waals surface area contributed by atoms with E-state index in [9.17, 15) is 13.2 Å². The molecule has 0 saturated heterocycles. The van der Waals surface area contributed by atoms with Gasteiger partial charge in [-0.05, 0) is 31.7 Å². The molecule has 0 aliphatic heterocycles. The van der Waals surface area contributed by atoms with Gasteiger partial charge in [0.25, 0.3) is 0 Å². The van der Waals surface area contributed by atoms with Crippen molar-refractivity contribution in [3.8, 4) is 0 Å². The molecule has 18 heavy (non-hydrogen) atoms. The molecule has 0 radical (unpaired) electrons. The summed E-state index contributed by atoms with van der Waals surface area (Å²) in [6.45, 7) is 4.56. The second kappa shape index (κ2) is 5.73. The van der Waals surface area contributed by atoms with E-state index >= 15 is 0 Å². The zero-order valence-corrected chi connectivity index (χ0v) is 11.0. The largest absolute Gasteiger partial charge is 0.408 e. The Bertz CT molecular complexity index is 394. The highest BCUT2D eigenvalue weighted by atomic mass is 19.4. The van der Waals surface area contributed by atoms with Crippen LogP contribution in [-0.2, 0) is 25.8 Å². The lowest BCUT2D eigenvalue weighted by molar-refractivity contribution is -0.143. The molecule has 1 unspecified atom stereocenters. The van der Waals surface area contributed by atoms with Crippen molar-refractivity contribution in [3.63, 3.8) is 0 Å². The molecule has 0 fully saturated rings. The topological polar surface area (TPSA) is 43.8 Å². The third kappa shape index (κ3) is 3.73. The molecule has 0 amide bonds. The quantitative estimate of drug-likeness (QED) is 0.886. The summed E-state index contributed by atoms with van der Waals surface area (Å²) >= 11 is 0. The van der Waals surface area contributed by atoms with Crippen LogP contribution in [0.3, 0.4) is 0 Å². The number of aryl methyl sites for hydroxylation is 1. The van der Waals surface area contributed by atoms with Crippen LogP contribution >= 0.6 is 0 Å². The minimum absolute atomic E-state index is 0.0795. The van der Waals surface area contributed by atoms with Crippen LogP contribution < -0.4 is 5.73 Å². The smallest absolute Gasteiger partial charge is 0.328 e. The van der Waals surface area contributed by atoms with Crippen LogP contribution in [0, 0.1) is 0 Å². The van der Waals surface area contributed by atoms with Crippen molar-refractivity contribution in [1.29, 1.82) is 0 Å². The zero-order valence-electron chi connectivity index (χ0n) is 11.0. The summed E-state index contributed by atoms with van der Waals surface area (Å²) in [7, 11) is 0. The van der Waals surface area contributed by atoms with Gasteiger partial charge in [0.15, 0.2) is 0 Å². The first-order valence-electron chi connectivity index (χ1n) is 6.18. The maximum Gasteiger partial charge on any atom is 0.408 e. The molecule has 104 valence electrons. The molecule has 1 atom stereocenters. The molecule has 0 aromatic carbocycles. The lowest BCUT2D eigenvalue weighted by atomic mass is 10.0. The molecule has 1 aromatic heterocycles. The molecule has 3 nitrogen and oxygen atoms in total. The highest BCUT2D eigenvalue weighted by molar-refractivity contribution is 5.28. The highest BCUT2D eigenvalue weighted by Gasteiger charge is 2.30. The first-order chi connectivity index (χ1) is 8.28. The van der Waals surface area contributed by atoms with Gasteiger partial charge in [-0.15, -0.1) is 0 Å². The standard InChI is InChI=1S/C12H20F3N3/c1-4-10-9(6-8(3)16)11(5-2)18(17-10)7-12(13,14)15/h8H,4-7,16H2,1-3H3. The van der Waals surface area contributed by atoms with Gasteiger partial charge in [0.05, 0.1) is 5.69 Å². The van der Waals surface area contributed by atoms with E-state index in [1.54, 1.807) is 0 Å². The van der Waals surface area contributed by atoms with Crippen molar-refractivity contribution >= 4 is 0 Å². The first-order valence-corrected chi connectivity index (χ1v) is 6.18. The van der Waals surface area contributed by atoms with Gasteiger partial charge in [-0.25, -0.2) is 0 Å². The molecular formula is C12H20F3N3. The third-order valence-electron chi connectivity index (χ3n) is 2.77. The van der Waals surface area contributed by atoms with Crippen LogP contribution in [0.2, 0.25) is 0 Å². The molecule has 0 saturated carbocycles. The van der Waals surface area contributed by atoms with Gasteiger partial charge >= 0.3 is 6.18 Å². The number of alkyl halides is 3. The number of rotatable bonds is 5. The van der Waals surface area contributed by atoms with Crippen LogP contribution in [0.25, 0.3) is 0 Å². The summed E-state index contributed by atoms with van der Waals surface area (Å²) in [5.74, 6) is 0. The van der Waals surface area contributed by atoms with E-state index in [-0.39, 0.29) is 6.04 Å². The number of hydrogen-bond acceptors (Lipinski definition) is 2. The Morgan fingerprint density at radius 3 is 2.28 bits per heavy atom. The molecule has 6 heteroatoms. The van der Waals surface area contributed by atoms with Crippen molar-refractivity contribution < 1.29 is 13.2 Å². The fourth-order valence-electron chi connectivity index (χ4n) is 2.13. The van der Waals surface area contributed by atoms with Gasteiger partial charge < -0.3 is 5.73 Å². The van der Waals surface area contributed by atoms with E-state index < -0.39 is 12.7 Å². The van der Waals surface area contributed by atoms with Crippen LogP contribution in [0.4, 0.5) is 13.2 Å². The Balaban J connectivity index is 3.15. The molecule has 0 spiro atoms. The summed E-state index contributed by atoms with van der Waals surface area (Å²) in [5, 5.41) is 4.08. The SMILES string of the molecule is CCc1nn(CC(F)(F)F)c(CC)c1CC(C)N. The molecule has 0 aliphatic rings. The van der Waals surface area contributed by atoms with Crippen molar-refractivity contribution in [2.24, 2.45) is 5.73 Å². The van der Waals surface area contributed by atoms with Gasteiger partial charge in [-0.3, -0.25) is 4.68 Å². The zero-order chi connectivity index (χ0) is 13.9. The van der Waals surface area contributed by atoms with Crippen molar-refractivity contribution in [2.75, 3.05) is 0 Å². The van der Waals surface area contributed by atoms with Crippen LogP contribution in [0.1, 0.15) is 37.7 Å². The number of aromatic nitrogens is 2. The van der Waals surface area contributed by atoms with Crippen LogP contribution in [0.15, 0.2) is 0 Å². The van der Waals surface area contributed by atoms with E-state index in [0.717, 1.165) is 15.9 Å². The van der Waals surface area contributed by atoms with E-state index in [1.165, 1.54) is 0 Å². The molecular weight excluding hydrogens is 243 g/mol. The predicted molar refractivity (Wildman–Crippen MR) is 64.4 cm³/mol. The van der Waals surface area contributed by atoms with E-state index in [2.05, 4.69) is 5.10 Å². The summed E-state index contributed by atoms with van der Waals surface area (Å²) in [6.07, 6.45) is -2.51. The first kappa shape index (κ1) is 15.0. The maximum atomic E-state index is 12.5. The van der Waals surface area contributed by atoms with Gasteiger partial charge in [-0.1, -0.05) is 13.8 Å². The maximum absolute atomic E-state index is 12.5. The monoisotopic (exact) mass is 263 g/mol. The number of nitrogens with two attached hydrogens (primary N) is 1. The fourth-order valence-corrected chi connectivity index (χ4v) is 2.13. The number of hydrogen-bond donors (Lipinski definition) is 1. The Labute approximate surface area is 105 Å². The second-order valence-corrected chi connectivity index (χ2v) is 4.53. The number of nitrogens with zero attached hydrogens (tertiary/aromatic N) is 2. The van der Waals surface area contributed by atoms with Gasteiger partial charge in [0.2, 0.25) is 0 Å². The molecule has 2 N–H and O–H groups in total. The minimum Gasteiger partial charge on any atom is -0.328 e. The summed E-state index contributed by atoms with van der Waals surface area (Å²) in [4.78, 5) is 0. The van der Waals surface area contributed by atoms with Crippen molar-refractivity contribution in [2.45, 2.75) is 58.8 Å². The number of halogens is 3. The lowest BCUT2D eigenvalue weighted by Crippen LogP contribution is -2.21. The summed E-state index contributed by atoms with van der Waals surface area (Å²) in [6, 6.07) is -0.0795. The molecule has 1 heterocycles. The third-order valence-corrected chi connectivity index (χ3v) is 2.77. The van der Waals surface area contributed by atoms with E-state index in [1.807, 2.05) is 20.8 Å².